The zero-order valence-electron chi connectivity index (χ0n) is 12.0. The zero-order valence-corrected chi connectivity index (χ0v) is 13.6. The van der Waals surface area contributed by atoms with Crippen LogP contribution in [0.25, 0.3) is 0 Å². The second-order valence-corrected chi connectivity index (χ2v) is 6.49. The van der Waals surface area contributed by atoms with Crippen molar-refractivity contribution in [1.82, 2.24) is 0 Å². The molecule has 0 saturated carbocycles. The summed E-state index contributed by atoms with van der Waals surface area (Å²) < 4.78 is 38.2. The van der Waals surface area contributed by atoms with Crippen molar-refractivity contribution in [1.29, 1.82) is 0 Å². The summed E-state index contributed by atoms with van der Waals surface area (Å²) in [6, 6.07) is 3.56. The summed E-state index contributed by atoms with van der Waals surface area (Å²) in [5.74, 6) is 2.04. The quantitative estimate of drug-likeness (QED) is 0.576. The highest BCUT2D eigenvalue weighted by atomic mass is 32.2. The molecular weight excluding hydrogens is 317 g/mol. The molecule has 0 aliphatic rings. The van der Waals surface area contributed by atoms with E-state index in [0.29, 0.717) is 5.69 Å². The van der Waals surface area contributed by atoms with E-state index in [0.717, 1.165) is 30.1 Å². The van der Waals surface area contributed by atoms with Crippen molar-refractivity contribution in [2.24, 2.45) is 5.73 Å². The second kappa shape index (κ2) is 7.89. The summed E-state index contributed by atoms with van der Waals surface area (Å²) in [5, 5.41) is 3.18. The predicted molar refractivity (Wildman–Crippen MR) is 88.0 cm³/mol. The van der Waals surface area contributed by atoms with E-state index < -0.39 is 11.7 Å². The van der Waals surface area contributed by atoms with E-state index in [-0.39, 0.29) is 16.6 Å². The Morgan fingerprint density at radius 1 is 1.43 bits per heavy atom. The molecule has 1 unspecified atom stereocenters. The minimum atomic E-state index is -4.40. The Morgan fingerprint density at radius 2 is 2.10 bits per heavy atom. The zero-order chi connectivity index (χ0) is 16.0. The van der Waals surface area contributed by atoms with Crippen LogP contribution < -0.4 is 11.1 Å². The lowest BCUT2D eigenvalue weighted by atomic mass is 10.1. The maximum atomic E-state index is 12.7. The molecule has 1 atom stereocenters. The molecule has 0 amide bonds. The van der Waals surface area contributed by atoms with Gasteiger partial charge in [0.2, 0.25) is 0 Å². The number of thioether (sulfide) groups is 1. The fraction of sp³-hybridized carbons (Fsp3) is 0.500. The summed E-state index contributed by atoms with van der Waals surface area (Å²) in [6.07, 6.45) is -3.49. The van der Waals surface area contributed by atoms with Crippen LogP contribution in [0.2, 0.25) is 0 Å². The highest BCUT2D eigenvalue weighted by Crippen LogP contribution is 2.32. The molecule has 0 fully saturated rings. The number of anilines is 1. The number of alkyl halides is 3. The number of halogens is 3. The van der Waals surface area contributed by atoms with E-state index in [1.165, 1.54) is 6.07 Å². The van der Waals surface area contributed by atoms with Gasteiger partial charge in [-0.2, -0.15) is 24.9 Å². The largest absolute Gasteiger partial charge is 0.416 e. The van der Waals surface area contributed by atoms with Crippen molar-refractivity contribution in [2.45, 2.75) is 32.5 Å². The Bertz CT molecular complexity index is 490. The number of rotatable bonds is 7. The molecule has 0 bridgehead atoms. The molecule has 7 heteroatoms. The van der Waals surface area contributed by atoms with Gasteiger partial charge in [0.25, 0.3) is 0 Å². The Hall–Kier alpha value is -0.950. The molecule has 1 aromatic rings. The van der Waals surface area contributed by atoms with Crippen LogP contribution in [0.15, 0.2) is 18.2 Å². The number of thiocarbonyl (C=S) groups is 1. The number of hydrogen-bond donors (Lipinski definition) is 2. The van der Waals surface area contributed by atoms with E-state index >= 15 is 0 Å². The average molecular weight is 336 g/mol. The molecule has 0 spiro atoms. The van der Waals surface area contributed by atoms with Gasteiger partial charge in [0.05, 0.1) is 5.56 Å². The van der Waals surface area contributed by atoms with Gasteiger partial charge in [0.15, 0.2) is 0 Å². The van der Waals surface area contributed by atoms with Gasteiger partial charge >= 0.3 is 6.18 Å². The summed E-state index contributed by atoms with van der Waals surface area (Å²) in [7, 11) is 0. The Labute approximate surface area is 132 Å². The van der Waals surface area contributed by atoms with Gasteiger partial charge in [-0.25, -0.2) is 0 Å². The van der Waals surface area contributed by atoms with Crippen LogP contribution in [0.5, 0.6) is 0 Å². The first-order chi connectivity index (χ1) is 9.75. The molecule has 0 aliphatic heterocycles. The van der Waals surface area contributed by atoms with Gasteiger partial charge < -0.3 is 11.1 Å². The van der Waals surface area contributed by atoms with Crippen molar-refractivity contribution < 1.29 is 13.2 Å². The normalized spacial score (nSPS) is 13.0. The highest BCUT2D eigenvalue weighted by molar-refractivity contribution is 7.99. The lowest BCUT2D eigenvalue weighted by Gasteiger charge is -2.19. The molecule has 0 heterocycles. The van der Waals surface area contributed by atoms with Crippen LogP contribution in [0.4, 0.5) is 18.9 Å². The Kier molecular flexibility index (Phi) is 6.80. The molecule has 0 aromatic heterocycles. The molecule has 118 valence electrons. The van der Waals surface area contributed by atoms with E-state index in [1.807, 2.05) is 18.7 Å². The second-order valence-electron chi connectivity index (χ2n) is 4.65. The third-order valence-corrected chi connectivity index (χ3v) is 4.07. The number of nitrogens with two attached hydrogens (primary N) is 1. The van der Waals surface area contributed by atoms with Crippen LogP contribution in [-0.4, -0.2) is 22.5 Å². The summed E-state index contributed by atoms with van der Waals surface area (Å²) in [4.78, 5) is -0.0428. The minimum absolute atomic E-state index is 0.0428. The maximum absolute atomic E-state index is 12.7. The summed E-state index contributed by atoms with van der Waals surface area (Å²) in [6.45, 7) is 4.07. The van der Waals surface area contributed by atoms with Gasteiger partial charge in [0.1, 0.15) is 4.99 Å². The smallest absolute Gasteiger partial charge is 0.389 e. The molecule has 3 N–H and O–H groups in total. The number of nitrogens with one attached hydrogen (secondary N) is 1. The standard InChI is InChI=1S/C14H19F3N2S2/c1-3-21-7-6-9(2)19-12-5-4-10(14(15,16)17)8-11(12)13(18)20/h4-5,8-9,19H,3,6-7H2,1-2H3,(H2,18,20). The van der Waals surface area contributed by atoms with Crippen molar-refractivity contribution in [3.05, 3.63) is 29.3 Å². The van der Waals surface area contributed by atoms with Crippen molar-refractivity contribution in [2.75, 3.05) is 16.8 Å². The van der Waals surface area contributed by atoms with Crippen LogP contribution in [0, 0.1) is 0 Å². The third-order valence-electron chi connectivity index (χ3n) is 2.91. The van der Waals surface area contributed by atoms with Crippen LogP contribution >= 0.6 is 24.0 Å². The molecule has 1 rings (SSSR count). The fourth-order valence-corrected chi connectivity index (χ4v) is 2.77. The van der Waals surface area contributed by atoms with E-state index in [4.69, 9.17) is 18.0 Å². The number of benzene rings is 1. The third kappa shape index (κ3) is 5.74. The fourth-order valence-electron chi connectivity index (χ4n) is 1.79. The first-order valence-corrected chi connectivity index (χ1v) is 8.17. The van der Waals surface area contributed by atoms with Crippen molar-refractivity contribution >= 4 is 34.7 Å². The molecule has 2 nitrogen and oxygen atoms in total. The van der Waals surface area contributed by atoms with Crippen LogP contribution in [0.3, 0.4) is 0 Å². The molecular formula is C14H19F3N2S2. The van der Waals surface area contributed by atoms with Gasteiger partial charge in [0, 0.05) is 17.3 Å². The van der Waals surface area contributed by atoms with Gasteiger partial charge in [-0.1, -0.05) is 19.1 Å². The van der Waals surface area contributed by atoms with E-state index in [2.05, 4.69) is 12.2 Å². The van der Waals surface area contributed by atoms with Crippen molar-refractivity contribution in [3.63, 3.8) is 0 Å². The molecule has 0 aliphatic carbocycles. The van der Waals surface area contributed by atoms with Crippen molar-refractivity contribution in [3.8, 4) is 0 Å². The maximum Gasteiger partial charge on any atom is 0.416 e. The number of hydrogen-bond acceptors (Lipinski definition) is 3. The molecule has 21 heavy (non-hydrogen) atoms. The summed E-state index contributed by atoms with van der Waals surface area (Å²) >= 11 is 6.68. The lowest BCUT2D eigenvalue weighted by Crippen LogP contribution is -2.21. The Morgan fingerprint density at radius 3 is 2.62 bits per heavy atom. The predicted octanol–water partition coefficient (Wildman–Crippen LogP) is 4.28. The van der Waals surface area contributed by atoms with Crippen LogP contribution in [-0.2, 0) is 6.18 Å². The lowest BCUT2D eigenvalue weighted by molar-refractivity contribution is -0.137. The summed E-state index contributed by atoms with van der Waals surface area (Å²) in [5.41, 5.74) is 5.58. The highest BCUT2D eigenvalue weighted by Gasteiger charge is 2.31. The monoisotopic (exact) mass is 336 g/mol. The Balaban J connectivity index is 2.89. The molecule has 0 radical (unpaired) electrons. The van der Waals surface area contributed by atoms with E-state index in [9.17, 15) is 13.2 Å². The van der Waals surface area contributed by atoms with Gasteiger partial charge in [-0.3, -0.25) is 0 Å². The first-order valence-electron chi connectivity index (χ1n) is 6.61. The topological polar surface area (TPSA) is 38.0 Å². The minimum Gasteiger partial charge on any atom is -0.389 e. The van der Waals surface area contributed by atoms with Crippen LogP contribution in [0.1, 0.15) is 31.4 Å². The molecule has 1 aromatic carbocycles. The average Bonchev–Trinajstić information content (AvgIpc) is 2.37. The molecule has 0 saturated heterocycles. The SMILES string of the molecule is CCSCCC(C)Nc1ccc(C(F)(F)F)cc1C(N)=S. The first kappa shape index (κ1) is 18.1. The van der Waals surface area contributed by atoms with Gasteiger partial charge in [-0.15, -0.1) is 0 Å². The van der Waals surface area contributed by atoms with E-state index in [1.54, 1.807) is 0 Å². The van der Waals surface area contributed by atoms with Gasteiger partial charge in [-0.05, 0) is 43.0 Å².